The molecule has 36 heavy (non-hydrogen) atoms. The Bertz CT molecular complexity index is 1690. The monoisotopic (exact) mass is 464 g/mol. The summed E-state index contributed by atoms with van der Waals surface area (Å²) in [7, 11) is 0. The first-order valence-electron chi connectivity index (χ1n) is 12.0. The lowest BCUT2D eigenvalue weighted by molar-refractivity contribution is 0.471. The molecule has 5 aromatic rings. The number of aliphatic hydroxyl groups is 1. The summed E-state index contributed by atoms with van der Waals surface area (Å²) >= 11 is 0. The second kappa shape index (κ2) is 8.21. The van der Waals surface area contributed by atoms with E-state index in [4.69, 9.17) is 9.15 Å². The molecule has 0 saturated heterocycles. The number of benzene rings is 4. The molecule has 3 heterocycles. The largest absolute Gasteiger partial charge is 0.516 e. The molecule has 1 N–H and O–H groups in total. The van der Waals surface area contributed by atoms with Crippen molar-refractivity contribution in [3.8, 4) is 33.9 Å². The number of allylic oxidation sites excluding steroid dienone is 4. The maximum atomic E-state index is 10.1. The van der Waals surface area contributed by atoms with E-state index in [1.54, 1.807) is 0 Å². The second-order valence-corrected chi connectivity index (χ2v) is 9.12. The van der Waals surface area contributed by atoms with Crippen LogP contribution in [0, 0.1) is 0 Å². The van der Waals surface area contributed by atoms with E-state index in [1.165, 1.54) is 6.26 Å². The van der Waals surface area contributed by atoms with Gasteiger partial charge >= 0.3 is 0 Å². The third kappa shape index (κ3) is 3.30. The van der Waals surface area contributed by atoms with Crippen molar-refractivity contribution in [3.63, 3.8) is 0 Å². The average molecular weight is 464 g/mol. The lowest BCUT2D eigenvalue weighted by Gasteiger charge is -2.29. The van der Waals surface area contributed by atoms with Crippen molar-refractivity contribution in [3.05, 3.63) is 127 Å². The zero-order chi connectivity index (χ0) is 24.1. The Balaban J connectivity index is 1.34. The molecule has 0 amide bonds. The van der Waals surface area contributed by atoms with Gasteiger partial charge in [0.15, 0.2) is 0 Å². The highest BCUT2D eigenvalue weighted by Gasteiger charge is 2.35. The van der Waals surface area contributed by atoms with Crippen molar-refractivity contribution in [2.24, 2.45) is 0 Å². The molecule has 0 fully saturated rings. The van der Waals surface area contributed by atoms with Crippen LogP contribution in [0.1, 0.15) is 5.56 Å². The second-order valence-electron chi connectivity index (χ2n) is 9.12. The van der Waals surface area contributed by atoms with Crippen molar-refractivity contribution in [1.29, 1.82) is 0 Å². The third-order valence-corrected chi connectivity index (χ3v) is 7.00. The number of rotatable bonds is 2. The highest BCUT2D eigenvalue weighted by molar-refractivity contribution is 6.93. The molecular formula is C32H21BO3. The maximum absolute atomic E-state index is 10.1. The molecule has 0 aliphatic carbocycles. The molecule has 2 aliphatic rings. The van der Waals surface area contributed by atoms with E-state index in [1.807, 2.05) is 54.6 Å². The topological polar surface area (TPSA) is 42.6 Å². The van der Waals surface area contributed by atoms with Crippen molar-refractivity contribution >= 4 is 34.7 Å². The normalized spacial score (nSPS) is 16.6. The summed E-state index contributed by atoms with van der Waals surface area (Å²) in [5.41, 5.74) is 8.12. The minimum Gasteiger partial charge on any atom is -0.516 e. The summed E-state index contributed by atoms with van der Waals surface area (Å²) in [6.45, 7) is -0.101. The van der Waals surface area contributed by atoms with Crippen molar-refractivity contribution in [1.82, 2.24) is 0 Å². The van der Waals surface area contributed by atoms with Crippen LogP contribution in [0.3, 0.4) is 0 Å². The van der Waals surface area contributed by atoms with E-state index in [9.17, 15) is 5.11 Å². The predicted molar refractivity (Wildman–Crippen MR) is 148 cm³/mol. The first-order chi connectivity index (χ1) is 17.8. The minimum absolute atomic E-state index is 0.101. The van der Waals surface area contributed by atoms with Crippen LogP contribution in [-0.4, -0.2) is 11.8 Å². The van der Waals surface area contributed by atoms with E-state index >= 15 is 0 Å². The average Bonchev–Trinajstić information content (AvgIpc) is 3.35. The lowest BCUT2D eigenvalue weighted by Crippen LogP contribution is -2.49. The lowest BCUT2D eigenvalue weighted by atomic mass is 9.34. The Morgan fingerprint density at radius 3 is 2.33 bits per heavy atom. The quantitative estimate of drug-likeness (QED) is 0.225. The van der Waals surface area contributed by atoms with Gasteiger partial charge in [-0.15, -0.1) is 0 Å². The number of para-hydroxylation sites is 2. The van der Waals surface area contributed by atoms with Crippen LogP contribution in [0.4, 0.5) is 0 Å². The van der Waals surface area contributed by atoms with Crippen LogP contribution in [0.5, 0.6) is 11.5 Å². The van der Waals surface area contributed by atoms with Crippen molar-refractivity contribution in [2.75, 3.05) is 0 Å². The molecule has 2 aliphatic heterocycles. The fraction of sp³-hybridized carbons (Fsp3) is 0. The van der Waals surface area contributed by atoms with Crippen LogP contribution in [0.25, 0.3) is 39.5 Å². The molecule has 0 atom stereocenters. The summed E-state index contributed by atoms with van der Waals surface area (Å²) < 4.78 is 12.5. The first kappa shape index (κ1) is 20.7. The third-order valence-electron chi connectivity index (χ3n) is 7.00. The first-order valence-corrected chi connectivity index (χ1v) is 12.0. The van der Waals surface area contributed by atoms with Crippen LogP contribution in [0.2, 0.25) is 0 Å². The summed E-state index contributed by atoms with van der Waals surface area (Å²) in [5.74, 6) is 2.49. The number of ether oxygens (including phenoxy) is 1. The molecule has 0 saturated carbocycles. The van der Waals surface area contributed by atoms with Gasteiger partial charge in [0.1, 0.15) is 22.8 Å². The van der Waals surface area contributed by atoms with Gasteiger partial charge in [-0.1, -0.05) is 85.0 Å². The molecule has 4 heteroatoms. The molecule has 7 rings (SSSR count). The zero-order valence-electron chi connectivity index (χ0n) is 19.4. The van der Waals surface area contributed by atoms with Crippen molar-refractivity contribution in [2.45, 2.75) is 0 Å². The molecule has 0 spiro atoms. The molecule has 0 unspecified atom stereocenters. The fourth-order valence-electron chi connectivity index (χ4n) is 5.27. The Labute approximate surface area is 209 Å². The van der Waals surface area contributed by atoms with Gasteiger partial charge in [-0.2, -0.15) is 0 Å². The predicted octanol–water partition coefficient (Wildman–Crippen LogP) is 7.05. The Morgan fingerprint density at radius 2 is 1.47 bits per heavy atom. The van der Waals surface area contributed by atoms with Crippen LogP contribution < -0.4 is 15.7 Å². The van der Waals surface area contributed by atoms with Gasteiger partial charge in [0.05, 0.1) is 6.26 Å². The summed E-state index contributed by atoms with van der Waals surface area (Å²) in [4.78, 5) is 0. The van der Waals surface area contributed by atoms with Crippen LogP contribution in [0.15, 0.2) is 125 Å². The summed E-state index contributed by atoms with van der Waals surface area (Å²) in [5, 5.41) is 11.2. The number of fused-ring (bicyclic) bond motifs is 3. The Kier molecular flexibility index (Phi) is 4.71. The minimum atomic E-state index is -0.101. The van der Waals surface area contributed by atoms with E-state index in [2.05, 4.69) is 60.7 Å². The van der Waals surface area contributed by atoms with Gasteiger partial charge in [-0.3, -0.25) is 0 Å². The maximum Gasteiger partial charge on any atom is 0.255 e. The van der Waals surface area contributed by atoms with Gasteiger partial charge in [0.2, 0.25) is 0 Å². The standard InChI is InChI=1S/C32H21BO3/c34-20-26-9-3-1-8-24-17-25(19-31-32(24)33(26)27-10-4-6-12-29(27)36-31)21-13-15-22(16-14-21)30-18-23-7-2-5-11-28(23)35-30/h1-20,34H/b8-1-,9-3-,26-20-. The zero-order valence-corrected chi connectivity index (χ0v) is 19.4. The molecule has 3 nitrogen and oxygen atoms in total. The highest BCUT2D eigenvalue weighted by atomic mass is 16.5. The number of furan rings is 1. The van der Waals surface area contributed by atoms with E-state index < -0.39 is 0 Å². The van der Waals surface area contributed by atoms with Gasteiger partial charge in [-0.25, -0.2) is 0 Å². The van der Waals surface area contributed by atoms with E-state index in [0.717, 1.165) is 66.9 Å². The fourth-order valence-corrected chi connectivity index (χ4v) is 5.27. The smallest absolute Gasteiger partial charge is 0.255 e. The molecular weight excluding hydrogens is 443 g/mol. The highest BCUT2D eigenvalue weighted by Crippen LogP contribution is 2.35. The molecule has 0 bridgehead atoms. The van der Waals surface area contributed by atoms with E-state index in [0.29, 0.717) is 0 Å². The van der Waals surface area contributed by atoms with Gasteiger partial charge in [0.25, 0.3) is 6.71 Å². The summed E-state index contributed by atoms with van der Waals surface area (Å²) in [6, 6.07) is 30.9. The van der Waals surface area contributed by atoms with Gasteiger partial charge < -0.3 is 14.3 Å². The Morgan fingerprint density at radius 1 is 0.694 bits per heavy atom. The number of hydrogen-bond donors (Lipinski definition) is 1. The van der Waals surface area contributed by atoms with Gasteiger partial charge in [-0.05, 0) is 63.4 Å². The van der Waals surface area contributed by atoms with Crippen molar-refractivity contribution < 1.29 is 14.3 Å². The van der Waals surface area contributed by atoms with Crippen LogP contribution >= 0.6 is 0 Å². The molecule has 1 aromatic heterocycles. The molecule has 170 valence electrons. The van der Waals surface area contributed by atoms with E-state index in [-0.39, 0.29) is 6.71 Å². The Hall–Kier alpha value is -4.70. The number of hydrogen-bond acceptors (Lipinski definition) is 3. The number of aliphatic hydroxyl groups excluding tert-OH is 1. The molecule has 4 aromatic carbocycles. The van der Waals surface area contributed by atoms with Gasteiger partial charge in [0, 0.05) is 10.9 Å². The van der Waals surface area contributed by atoms with Crippen LogP contribution in [-0.2, 0) is 0 Å². The summed E-state index contributed by atoms with van der Waals surface area (Å²) in [6.07, 6.45) is 9.25. The SMILES string of the molecule is O/C=C1/C=C\C=C/c2cc(-c3ccc(-c4cc5ccccc5o4)cc3)cc3c2B1c1ccccc1O3. The molecule has 0 radical (unpaired) electrons.